The van der Waals surface area contributed by atoms with E-state index < -0.39 is 6.10 Å². The van der Waals surface area contributed by atoms with Gasteiger partial charge in [0, 0.05) is 4.47 Å². The Kier molecular flexibility index (Phi) is 3.88. The van der Waals surface area contributed by atoms with Gasteiger partial charge in [0.2, 0.25) is 0 Å². The Labute approximate surface area is 107 Å². The minimum absolute atomic E-state index is 0.144. The normalized spacial score (nSPS) is 12.6. The first-order chi connectivity index (χ1) is 8.19. The smallest absolute Gasteiger partial charge is 0.108 e. The van der Waals surface area contributed by atoms with Gasteiger partial charge >= 0.3 is 0 Å². The maximum Gasteiger partial charge on any atom is 0.108 e. The minimum Gasteiger partial charge on any atom is -0.390 e. The van der Waals surface area contributed by atoms with Crippen molar-refractivity contribution in [2.45, 2.75) is 19.3 Å². The maximum absolute atomic E-state index is 9.98. The number of aromatic nitrogens is 3. The quantitative estimate of drug-likeness (QED) is 0.891. The lowest BCUT2D eigenvalue weighted by Gasteiger charge is -2.10. The molecule has 2 aromatic rings. The molecule has 0 fully saturated rings. The number of hydrogen-bond donors (Lipinski definition) is 2. The molecular weight excluding hydrogens is 286 g/mol. The van der Waals surface area contributed by atoms with E-state index >= 15 is 0 Å². The van der Waals surface area contributed by atoms with E-state index in [0.717, 1.165) is 10.0 Å². The van der Waals surface area contributed by atoms with Crippen LogP contribution in [0, 0.1) is 0 Å². The van der Waals surface area contributed by atoms with Gasteiger partial charge in [-0.05, 0) is 17.7 Å². The molecule has 0 aliphatic heterocycles. The Morgan fingerprint density at radius 3 is 2.59 bits per heavy atom. The Hall–Kier alpha value is -1.24. The number of rotatable bonds is 4. The largest absolute Gasteiger partial charge is 0.390 e. The van der Waals surface area contributed by atoms with Gasteiger partial charge in [0.15, 0.2) is 0 Å². The van der Waals surface area contributed by atoms with Crippen LogP contribution in [0.25, 0.3) is 0 Å². The number of nitrogens with zero attached hydrogens (tertiary/aromatic N) is 3. The van der Waals surface area contributed by atoms with E-state index in [1.807, 2.05) is 24.3 Å². The lowest BCUT2D eigenvalue weighted by Crippen LogP contribution is -2.09. The van der Waals surface area contributed by atoms with E-state index in [-0.39, 0.29) is 6.61 Å². The van der Waals surface area contributed by atoms with Crippen LogP contribution in [0.5, 0.6) is 0 Å². The standard InChI is InChI=1S/C11H12BrN3O2/c12-9-3-1-8(2-4-9)11(17)6-15-5-10(7-16)13-14-15/h1-5,11,16-17H,6-7H2. The zero-order chi connectivity index (χ0) is 12.3. The molecule has 1 unspecified atom stereocenters. The van der Waals surface area contributed by atoms with Gasteiger partial charge in [-0.3, -0.25) is 0 Å². The van der Waals surface area contributed by atoms with Crippen molar-refractivity contribution in [2.75, 3.05) is 0 Å². The summed E-state index contributed by atoms with van der Waals surface area (Å²) in [4.78, 5) is 0. The van der Waals surface area contributed by atoms with Gasteiger partial charge in [0.25, 0.3) is 0 Å². The number of halogens is 1. The van der Waals surface area contributed by atoms with Crippen molar-refractivity contribution >= 4 is 15.9 Å². The summed E-state index contributed by atoms with van der Waals surface area (Å²) in [6.07, 6.45) is 0.971. The van der Waals surface area contributed by atoms with Crippen LogP contribution in [0.3, 0.4) is 0 Å². The molecule has 1 heterocycles. The highest BCUT2D eigenvalue weighted by Gasteiger charge is 2.09. The van der Waals surface area contributed by atoms with E-state index in [0.29, 0.717) is 12.2 Å². The van der Waals surface area contributed by atoms with Crippen LogP contribution >= 0.6 is 15.9 Å². The van der Waals surface area contributed by atoms with Crippen LogP contribution in [0.4, 0.5) is 0 Å². The summed E-state index contributed by atoms with van der Waals surface area (Å²) in [5.74, 6) is 0. The summed E-state index contributed by atoms with van der Waals surface area (Å²) in [7, 11) is 0. The van der Waals surface area contributed by atoms with Crippen molar-refractivity contribution < 1.29 is 10.2 Å². The fourth-order valence-electron chi connectivity index (χ4n) is 1.47. The first-order valence-electron chi connectivity index (χ1n) is 5.12. The molecule has 0 aliphatic rings. The van der Waals surface area contributed by atoms with E-state index in [1.54, 1.807) is 6.20 Å². The van der Waals surface area contributed by atoms with Crippen molar-refractivity contribution in [3.8, 4) is 0 Å². The second kappa shape index (κ2) is 5.39. The molecule has 5 nitrogen and oxygen atoms in total. The molecule has 2 N–H and O–H groups in total. The fourth-order valence-corrected chi connectivity index (χ4v) is 1.73. The summed E-state index contributed by atoms with van der Waals surface area (Å²) >= 11 is 3.34. The number of benzene rings is 1. The van der Waals surface area contributed by atoms with Crippen LogP contribution in [-0.4, -0.2) is 25.2 Å². The molecule has 0 aliphatic carbocycles. The number of aliphatic hydroxyl groups excluding tert-OH is 2. The predicted molar refractivity (Wildman–Crippen MR) is 65.0 cm³/mol. The highest BCUT2D eigenvalue weighted by Crippen LogP contribution is 2.18. The van der Waals surface area contributed by atoms with Gasteiger partial charge < -0.3 is 10.2 Å². The first-order valence-corrected chi connectivity index (χ1v) is 5.91. The topological polar surface area (TPSA) is 71.2 Å². The van der Waals surface area contributed by atoms with Crippen molar-refractivity contribution in [3.05, 3.63) is 46.2 Å². The average Bonchev–Trinajstić information content (AvgIpc) is 2.77. The Bertz CT molecular complexity index is 484. The third-order valence-corrected chi connectivity index (χ3v) is 2.89. The molecule has 1 atom stereocenters. The van der Waals surface area contributed by atoms with Crippen LogP contribution < -0.4 is 0 Å². The summed E-state index contributed by atoms with van der Waals surface area (Å²) in [5.41, 5.74) is 1.31. The van der Waals surface area contributed by atoms with Crippen LogP contribution in [-0.2, 0) is 13.2 Å². The fraction of sp³-hybridized carbons (Fsp3) is 0.273. The van der Waals surface area contributed by atoms with Gasteiger partial charge in [-0.2, -0.15) is 0 Å². The summed E-state index contributed by atoms with van der Waals surface area (Å²) in [6.45, 7) is 0.170. The molecule has 0 amide bonds. The lowest BCUT2D eigenvalue weighted by molar-refractivity contribution is 0.150. The number of aliphatic hydroxyl groups is 2. The van der Waals surface area contributed by atoms with Crippen molar-refractivity contribution in [1.29, 1.82) is 0 Å². The molecule has 0 radical (unpaired) electrons. The summed E-state index contributed by atoms with van der Waals surface area (Å²) in [6, 6.07) is 7.44. The van der Waals surface area contributed by atoms with E-state index in [2.05, 4.69) is 26.2 Å². The molecule has 1 aromatic heterocycles. The van der Waals surface area contributed by atoms with Crippen LogP contribution in [0.1, 0.15) is 17.4 Å². The maximum atomic E-state index is 9.98. The van der Waals surface area contributed by atoms with Crippen LogP contribution in [0.2, 0.25) is 0 Å². The molecule has 0 saturated heterocycles. The van der Waals surface area contributed by atoms with Crippen LogP contribution in [0.15, 0.2) is 34.9 Å². The summed E-state index contributed by atoms with van der Waals surface area (Å²) < 4.78 is 2.48. The van der Waals surface area contributed by atoms with Gasteiger partial charge in [-0.15, -0.1) is 5.10 Å². The SMILES string of the molecule is OCc1cn(CC(O)c2ccc(Br)cc2)nn1. The van der Waals surface area contributed by atoms with Gasteiger partial charge in [-0.1, -0.05) is 33.3 Å². The molecular formula is C11H12BrN3O2. The second-order valence-corrected chi connectivity index (χ2v) is 4.57. The Morgan fingerprint density at radius 2 is 2.00 bits per heavy atom. The molecule has 0 saturated carbocycles. The monoisotopic (exact) mass is 297 g/mol. The Balaban J connectivity index is 2.05. The zero-order valence-corrected chi connectivity index (χ0v) is 10.6. The third-order valence-electron chi connectivity index (χ3n) is 2.36. The predicted octanol–water partition coefficient (Wildman–Crippen LogP) is 1.27. The number of hydrogen-bond acceptors (Lipinski definition) is 4. The van der Waals surface area contributed by atoms with Gasteiger partial charge in [-0.25, -0.2) is 4.68 Å². The van der Waals surface area contributed by atoms with Crippen molar-refractivity contribution in [3.63, 3.8) is 0 Å². The van der Waals surface area contributed by atoms with Crippen molar-refractivity contribution in [2.24, 2.45) is 0 Å². The average molecular weight is 298 g/mol. The highest BCUT2D eigenvalue weighted by molar-refractivity contribution is 9.10. The van der Waals surface area contributed by atoms with E-state index in [1.165, 1.54) is 4.68 Å². The molecule has 2 rings (SSSR count). The molecule has 0 spiro atoms. The molecule has 0 bridgehead atoms. The van der Waals surface area contributed by atoms with E-state index in [9.17, 15) is 5.11 Å². The first kappa shape index (κ1) is 12.2. The molecule has 90 valence electrons. The zero-order valence-electron chi connectivity index (χ0n) is 8.99. The second-order valence-electron chi connectivity index (χ2n) is 3.66. The molecule has 1 aromatic carbocycles. The Morgan fingerprint density at radius 1 is 1.29 bits per heavy atom. The van der Waals surface area contributed by atoms with Gasteiger partial charge in [0.05, 0.1) is 25.5 Å². The van der Waals surface area contributed by atoms with E-state index in [4.69, 9.17) is 5.11 Å². The highest BCUT2D eigenvalue weighted by atomic mass is 79.9. The third kappa shape index (κ3) is 3.12. The summed E-state index contributed by atoms with van der Waals surface area (Å²) in [5, 5.41) is 26.4. The van der Waals surface area contributed by atoms with Gasteiger partial charge in [0.1, 0.15) is 5.69 Å². The lowest BCUT2D eigenvalue weighted by atomic mass is 10.1. The minimum atomic E-state index is -0.642. The van der Waals surface area contributed by atoms with Crippen molar-refractivity contribution in [1.82, 2.24) is 15.0 Å². The molecule has 17 heavy (non-hydrogen) atoms. The molecule has 6 heteroatoms.